The highest BCUT2D eigenvalue weighted by Gasteiger charge is 2.25. The number of pyridine rings is 2. The van der Waals surface area contributed by atoms with Gasteiger partial charge in [0, 0.05) is 48.5 Å². The van der Waals surface area contributed by atoms with E-state index >= 15 is 0 Å². The molecule has 4 aromatic heterocycles. The summed E-state index contributed by atoms with van der Waals surface area (Å²) in [6.07, 6.45) is 8.67. The van der Waals surface area contributed by atoms with Crippen molar-refractivity contribution >= 4 is 16.6 Å². The Labute approximate surface area is 172 Å². The second kappa shape index (κ2) is 6.98. The topological polar surface area (TPSA) is 77.1 Å². The van der Waals surface area contributed by atoms with Gasteiger partial charge in [-0.1, -0.05) is 0 Å². The number of hydrogen-bond acceptors (Lipinski definition) is 5. The Morgan fingerprint density at radius 3 is 2.70 bits per heavy atom. The molecule has 1 fully saturated rings. The van der Waals surface area contributed by atoms with Gasteiger partial charge in [0.2, 0.25) is 0 Å². The smallest absolute Gasteiger partial charge is 0.261 e. The molecule has 30 heavy (non-hydrogen) atoms. The van der Waals surface area contributed by atoms with E-state index in [9.17, 15) is 9.18 Å². The van der Waals surface area contributed by atoms with Crippen LogP contribution in [0.1, 0.15) is 38.4 Å². The van der Waals surface area contributed by atoms with Gasteiger partial charge in [0.15, 0.2) is 17.3 Å². The number of halogens is 1. The van der Waals surface area contributed by atoms with Crippen molar-refractivity contribution in [1.29, 1.82) is 0 Å². The van der Waals surface area contributed by atoms with Gasteiger partial charge >= 0.3 is 0 Å². The molecule has 0 aromatic carbocycles. The predicted octanol–water partition coefficient (Wildman–Crippen LogP) is 3.26. The van der Waals surface area contributed by atoms with Gasteiger partial charge in [-0.2, -0.15) is 0 Å². The first-order chi connectivity index (χ1) is 14.4. The van der Waals surface area contributed by atoms with Gasteiger partial charge in [0.25, 0.3) is 5.56 Å². The molecule has 1 aliphatic rings. The summed E-state index contributed by atoms with van der Waals surface area (Å²) in [6, 6.07) is 4.08. The molecule has 0 spiro atoms. The van der Waals surface area contributed by atoms with E-state index in [1.54, 1.807) is 27.6 Å². The van der Waals surface area contributed by atoms with E-state index in [2.05, 4.69) is 34.1 Å². The van der Waals surface area contributed by atoms with Gasteiger partial charge in [-0.3, -0.25) is 4.79 Å². The fraction of sp³-hybridized carbons (Fsp3) is 0.364. The average Bonchev–Trinajstić information content (AvgIpc) is 3.08. The first-order valence-corrected chi connectivity index (χ1v) is 10.2. The van der Waals surface area contributed by atoms with Crippen molar-refractivity contribution in [2.45, 2.75) is 51.7 Å². The molecule has 1 N–H and O–H groups in total. The summed E-state index contributed by atoms with van der Waals surface area (Å²) >= 11 is 0. The molecule has 0 radical (unpaired) electrons. The molecule has 1 saturated heterocycles. The molecule has 5 rings (SSSR count). The van der Waals surface area contributed by atoms with Crippen molar-refractivity contribution in [1.82, 2.24) is 29.2 Å². The van der Waals surface area contributed by atoms with Crippen LogP contribution >= 0.6 is 0 Å². The van der Waals surface area contributed by atoms with Gasteiger partial charge in [0.05, 0.1) is 16.6 Å². The Kier molecular flexibility index (Phi) is 4.39. The molecule has 154 valence electrons. The first-order valence-electron chi connectivity index (χ1n) is 10.2. The number of imidazole rings is 1. The summed E-state index contributed by atoms with van der Waals surface area (Å²) in [5.41, 5.74) is 2.00. The zero-order chi connectivity index (χ0) is 21.0. The van der Waals surface area contributed by atoms with Crippen LogP contribution < -0.4 is 10.9 Å². The Morgan fingerprint density at radius 1 is 1.17 bits per heavy atom. The van der Waals surface area contributed by atoms with Gasteiger partial charge in [0.1, 0.15) is 0 Å². The molecule has 5 heterocycles. The third-order valence-electron chi connectivity index (χ3n) is 5.77. The number of aryl methyl sites for hydroxylation is 1. The van der Waals surface area contributed by atoms with E-state index in [1.807, 2.05) is 19.2 Å². The van der Waals surface area contributed by atoms with E-state index < -0.39 is 5.82 Å². The molecule has 0 aliphatic carbocycles. The lowest BCUT2D eigenvalue weighted by atomic mass is 9.95. The van der Waals surface area contributed by atoms with Gasteiger partial charge < -0.3 is 14.3 Å². The SMILES string of the molecule is Cc1cn2cc(-c3ncc4c(=O)n(C5CC(C)N[C@@H](C)C5)ccc4n3)cc(F)c2n1. The first kappa shape index (κ1) is 18.9. The number of aromatic nitrogens is 5. The van der Waals surface area contributed by atoms with Crippen molar-refractivity contribution in [2.24, 2.45) is 0 Å². The molecule has 4 aromatic rings. The molecular weight excluding hydrogens is 383 g/mol. The Morgan fingerprint density at radius 2 is 1.93 bits per heavy atom. The van der Waals surface area contributed by atoms with Crippen LogP contribution in [0.2, 0.25) is 0 Å². The van der Waals surface area contributed by atoms with Crippen molar-refractivity contribution in [3.8, 4) is 11.4 Å². The highest BCUT2D eigenvalue weighted by molar-refractivity contribution is 5.78. The molecule has 0 saturated carbocycles. The maximum absolute atomic E-state index is 14.4. The van der Waals surface area contributed by atoms with Crippen LogP contribution in [0.4, 0.5) is 4.39 Å². The molecule has 1 aliphatic heterocycles. The summed E-state index contributed by atoms with van der Waals surface area (Å²) in [6.45, 7) is 6.09. The lowest BCUT2D eigenvalue weighted by Gasteiger charge is -2.34. The number of nitrogens with zero attached hydrogens (tertiary/aromatic N) is 5. The minimum Gasteiger partial charge on any atom is -0.312 e. The second-order valence-corrected chi connectivity index (χ2v) is 8.30. The normalized spacial score (nSPS) is 22.1. The number of hydrogen-bond donors (Lipinski definition) is 1. The maximum atomic E-state index is 14.4. The van der Waals surface area contributed by atoms with Crippen LogP contribution in [0, 0.1) is 12.7 Å². The van der Waals surface area contributed by atoms with Crippen LogP contribution in [-0.4, -0.2) is 36.0 Å². The Bertz CT molecular complexity index is 1320. The van der Waals surface area contributed by atoms with Crippen LogP contribution in [0.15, 0.2) is 41.7 Å². The lowest BCUT2D eigenvalue weighted by molar-refractivity contribution is 0.260. The van der Waals surface area contributed by atoms with E-state index in [1.165, 1.54) is 6.07 Å². The van der Waals surface area contributed by atoms with Crippen LogP contribution in [0.3, 0.4) is 0 Å². The quantitative estimate of drug-likeness (QED) is 0.553. The summed E-state index contributed by atoms with van der Waals surface area (Å²) in [5, 5.41) is 3.98. The van der Waals surface area contributed by atoms with Crippen LogP contribution in [0.5, 0.6) is 0 Å². The molecule has 0 bridgehead atoms. The van der Waals surface area contributed by atoms with Gasteiger partial charge in [-0.15, -0.1) is 0 Å². The molecule has 0 amide bonds. The summed E-state index contributed by atoms with van der Waals surface area (Å²) < 4.78 is 17.9. The molecule has 2 unspecified atom stereocenters. The molecule has 8 heteroatoms. The Hall–Kier alpha value is -3.13. The van der Waals surface area contributed by atoms with Gasteiger partial charge in [-0.05, 0) is 45.7 Å². The second-order valence-electron chi connectivity index (χ2n) is 8.30. The van der Waals surface area contributed by atoms with Crippen molar-refractivity contribution in [3.63, 3.8) is 0 Å². The zero-order valence-corrected chi connectivity index (χ0v) is 17.1. The number of rotatable bonds is 2. The van der Waals surface area contributed by atoms with Crippen LogP contribution in [-0.2, 0) is 0 Å². The number of fused-ring (bicyclic) bond motifs is 2. The summed E-state index contributed by atoms with van der Waals surface area (Å²) in [5.74, 6) is -0.0650. The summed E-state index contributed by atoms with van der Waals surface area (Å²) in [4.78, 5) is 26.2. The predicted molar refractivity (Wildman–Crippen MR) is 113 cm³/mol. The lowest BCUT2D eigenvalue weighted by Crippen LogP contribution is -2.44. The minimum absolute atomic E-state index is 0.0859. The van der Waals surface area contributed by atoms with Crippen molar-refractivity contribution in [3.05, 3.63) is 58.8 Å². The highest BCUT2D eigenvalue weighted by atomic mass is 19.1. The number of piperidine rings is 1. The van der Waals surface area contributed by atoms with Gasteiger partial charge in [-0.25, -0.2) is 19.3 Å². The third-order valence-corrected chi connectivity index (χ3v) is 5.77. The monoisotopic (exact) mass is 406 g/mol. The van der Waals surface area contributed by atoms with E-state index in [0.29, 0.717) is 34.4 Å². The maximum Gasteiger partial charge on any atom is 0.261 e. The standard InChI is InChI=1S/C22H23FN6O/c1-12-6-16(7-13(2)25-12)29-5-4-19-17(22(29)30)9-24-20(27-19)15-8-18(23)21-26-14(3)10-28(21)11-15/h4-5,8-13,16,25H,6-7H2,1-3H3/t12-,13?,16?/m0/s1. The van der Waals surface area contributed by atoms with Crippen molar-refractivity contribution in [2.75, 3.05) is 0 Å². The summed E-state index contributed by atoms with van der Waals surface area (Å²) in [7, 11) is 0. The van der Waals surface area contributed by atoms with Crippen LogP contribution in [0.25, 0.3) is 27.9 Å². The fourth-order valence-corrected chi connectivity index (χ4v) is 4.53. The molecular formula is C22H23FN6O. The largest absolute Gasteiger partial charge is 0.312 e. The Balaban J connectivity index is 1.57. The zero-order valence-electron chi connectivity index (χ0n) is 17.1. The van der Waals surface area contributed by atoms with E-state index in [0.717, 1.165) is 18.5 Å². The number of nitrogens with one attached hydrogen (secondary N) is 1. The minimum atomic E-state index is -0.436. The molecule has 3 atom stereocenters. The third kappa shape index (κ3) is 3.17. The fourth-order valence-electron chi connectivity index (χ4n) is 4.53. The van der Waals surface area contributed by atoms with E-state index in [4.69, 9.17) is 0 Å². The molecule has 7 nitrogen and oxygen atoms in total. The average molecular weight is 406 g/mol. The highest BCUT2D eigenvalue weighted by Crippen LogP contribution is 2.25. The van der Waals surface area contributed by atoms with Crippen molar-refractivity contribution < 1.29 is 4.39 Å². The van der Waals surface area contributed by atoms with E-state index in [-0.39, 0.29) is 17.2 Å².